The molecule has 0 aliphatic heterocycles. The van der Waals surface area contributed by atoms with Gasteiger partial charge in [-0.05, 0) is 18.2 Å². The van der Waals surface area contributed by atoms with Gasteiger partial charge in [0.1, 0.15) is 5.75 Å². The molecular formula is C14H11NO5. The largest absolute Gasteiger partial charge is 0.493 e. The van der Waals surface area contributed by atoms with Crippen LogP contribution in [0.15, 0.2) is 42.5 Å². The van der Waals surface area contributed by atoms with E-state index in [0.29, 0.717) is 23.3 Å². The molecule has 0 N–H and O–H groups in total. The van der Waals surface area contributed by atoms with Crippen molar-refractivity contribution in [3.8, 4) is 17.2 Å². The van der Waals surface area contributed by atoms with Crippen LogP contribution in [0, 0.1) is 10.1 Å². The summed E-state index contributed by atoms with van der Waals surface area (Å²) < 4.78 is 10.6. The molecule has 6 nitrogen and oxygen atoms in total. The van der Waals surface area contributed by atoms with Crippen LogP contribution in [-0.4, -0.2) is 18.3 Å². The Morgan fingerprint density at radius 3 is 2.50 bits per heavy atom. The third-order valence-electron chi connectivity index (χ3n) is 2.62. The van der Waals surface area contributed by atoms with Crippen molar-refractivity contribution in [3.05, 3.63) is 58.1 Å². The standard InChI is InChI=1S/C14H11NO5/c1-19-13-7-6-11(15(17)18)8-14(13)20-12-5-3-2-4-10(12)9-16/h2-9H,1H3. The lowest BCUT2D eigenvalue weighted by molar-refractivity contribution is -0.384. The molecule has 0 atom stereocenters. The van der Waals surface area contributed by atoms with Crippen molar-refractivity contribution in [1.82, 2.24) is 0 Å². The van der Waals surface area contributed by atoms with Gasteiger partial charge >= 0.3 is 0 Å². The summed E-state index contributed by atoms with van der Waals surface area (Å²) in [5, 5.41) is 10.8. The van der Waals surface area contributed by atoms with Crippen molar-refractivity contribution >= 4 is 12.0 Å². The monoisotopic (exact) mass is 273 g/mol. The number of ether oxygens (including phenoxy) is 2. The number of nitro benzene ring substituents is 1. The van der Waals surface area contributed by atoms with Gasteiger partial charge in [0.05, 0.1) is 23.7 Å². The molecule has 0 saturated heterocycles. The van der Waals surface area contributed by atoms with E-state index < -0.39 is 4.92 Å². The average Bonchev–Trinajstić information content (AvgIpc) is 2.47. The summed E-state index contributed by atoms with van der Waals surface area (Å²) in [6.07, 6.45) is 0.652. The van der Waals surface area contributed by atoms with Crippen LogP contribution in [-0.2, 0) is 0 Å². The number of carbonyl (C=O) groups is 1. The first-order valence-electron chi connectivity index (χ1n) is 5.70. The number of aldehydes is 1. The number of benzene rings is 2. The molecule has 0 aliphatic rings. The van der Waals surface area contributed by atoms with Gasteiger partial charge in [-0.25, -0.2) is 0 Å². The molecule has 2 rings (SSSR count). The van der Waals surface area contributed by atoms with E-state index in [1.165, 1.54) is 25.3 Å². The summed E-state index contributed by atoms with van der Waals surface area (Å²) in [6.45, 7) is 0. The minimum absolute atomic E-state index is 0.121. The number of methoxy groups -OCH3 is 1. The third kappa shape index (κ3) is 2.74. The van der Waals surface area contributed by atoms with Crippen molar-refractivity contribution in [2.24, 2.45) is 0 Å². The average molecular weight is 273 g/mol. The van der Waals surface area contributed by atoms with Gasteiger partial charge in [0, 0.05) is 6.07 Å². The Hall–Kier alpha value is -2.89. The highest BCUT2D eigenvalue weighted by atomic mass is 16.6. The second-order valence-corrected chi connectivity index (χ2v) is 3.85. The highest BCUT2D eigenvalue weighted by Crippen LogP contribution is 2.35. The highest BCUT2D eigenvalue weighted by molar-refractivity contribution is 5.79. The molecule has 0 aliphatic carbocycles. The number of hydrogen-bond acceptors (Lipinski definition) is 5. The van der Waals surface area contributed by atoms with Crippen LogP contribution in [0.3, 0.4) is 0 Å². The van der Waals surface area contributed by atoms with Crippen LogP contribution < -0.4 is 9.47 Å². The van der Waals surface area contributed by atoms with Gasteiger partial charge in [-0.3, -0.25) is 14.9 Å². The number of non-ortho nitro benzene ring substituents is 1. The van der Waals surface area contributed by atoms with Crippen LogP contribution in [0.1, 0.15) is 10.4 Å². The molecule has 0 amide bonds. The zero-order chi connectivity index (χ0) is 14.5. The quantitative estimate of drug-likeness (QED) is 0.475. The molecule has 2 aromatic carbocycles. The normalized spacial score (nSPS) is 9.85. The third-order valence-corrected chi connectivity index (χ3v) is 2.62. The topological polar surface area (TPSA) is 78.7 Å². The summed E-state index contributed by atoms with van der Waals surface area (Å²) in [7, 11) is 1.43. The minimum Gasteiger partial charge on any atom is -0.493 e. The van der Waals surface area contributed by atoms with Gasteiger partial charge in [0.2, 0.25) is 0 Å². The van der Waals surface area contributed by atoms with Gasteiger partial charge in [0.15, 0.2) is 17.8 Å². The first kappa shape index (κ1) is 13.5. The second kappa shape index (κ2) is 5.83. The minimum atomic E-state index is -0.530. The maximum atomic E-state index is 10.9. The Morgan fingerprint density at radius 1 is 1.10 bits per heavy atom. The Morgan fingerprint density at radius 2 is 1.85 bits per heavy atom. The second-order valence-electron chi connectivity index (χ2n) is 3.85. The fourth-order valence-electron chi connectivity index (χ4n) is 1.65. The Balaban J connectivity index is 2.43. The van der Waals surface area contributed by atoms with Crippen molar-refractivity contribution in [1.29, 1.82) is 0 Å². The predicted octanol–water partition coefficient (Wildman–Crippen LogP) is 3.21. The van der Waals surface area contributed by atoms with Crippen LogP contribution in [0.25, 0.3) is 0 Å². The number of hydrogen-bond donors (Lipinski definition) is 0. The Bertz CT molecular complexity index is 654. The zero-order valence-corrected chi connectivity index (χ0v) is 10.6. The van der Waals surface area contributed by atoms with Crippen LogP contribution in [0.4, 0.5) is 5.69 Å². The Kier molecular flexibility index (Phi) is 3.95. The summed E-state index contributed by atoms with van der Waals surface area (Å²) in [4.78, 5) is 21.2. The molecule has 0 aromatic heterocycles. The van der Waals surface area contributed by atoms with Gasteiger partial charge in [0.25, 0.3) is 5.69 Å². The first-order chi connectivity index (χ1) is 9.65. The lowest BCUT2D eigenvalue weighted by Gasteiger charge is -2.11. The number of rotatable bonds is 5. The lowest BCUT2D eigenvalue weighted by atomic mass is 10.2. The Labute approximate surface area is 114 Å². The van der Waals surface area contributed by atoms with E-state index in [2.05, 4.69) is 0 Å². The van der Waals surface area contributed by atoms with E-state index in [4.69, 9.17) is 9.47 Å². The molecule has 0 radical (unpaired) electrons. The maximum absolute atomic E-state index is 10.9. The van der Waals surface area contributed by atoms with Crippen molar-refractivity contribution in [3.63, 3.8) is 0 Å². The van der Waals surface area contributed by atoms with Gasteiger partial charge in [-0.1, -0.05) is 12.1 Å². The molecule has 0 heterocycles. The molecule has 0 fully saturated rings. The van der Waals surface area contributed by atoms with E-state index in [-0.39, 0.29) is 11.4 Å². The van der Waals surface area contributed by atoms with E-state index in [0.717, 1.165) is 0 Å². The van der Waals surface area contributed by atoms with E-state index >= 15 is 0 Å². The fraction of sp³-hybridized carbons (Fsp3) is 0.0714. The molecule has 6 heteroatoms. The SMILES string of the molecule is COc1ccc([N+](=O)[O-])cc1Oc1ccccc1C=O. The molecule has 0 spiro atoms. The van der Waals surface area contributed by atoms with E-state index in [1.54, 1.807) is 24.3 Å². The van der Waals surface area contributed by atoms with Crippen molar-refractivity contribution in [2.75, 3.05) is 7.11 Å². The van der Waals surface area contributed by atoms with E-state index in [1.807, 2.05) is 0 Å². The van der Waals surface area contributed by atoms with E-state index in [9.17, 15) is 14.9 Å². The van der Waals surface area contributed by atoms with Crippen LogP contribution in [0.5, 0.6) is 17.2 Å². The summed E-state index contributed by atoms with van der Waals surface area (Å²) >= 11 is 0. The first-order valence-corrected chi connectivity index (χ1v) is 5.70. The van der Waals surface area contributed by atoms with Crippen LogP contribution in [0.2, 0.25) is 0 Å². The highest BCUT2D eigenvalue weighted by Gasteiger charge is 2.14. The predicted molar refractivity (Wildman–Crippen MR) is 71.6 cm³/mol. The number of carbonyl (C=O) groups excluding carboxylic acids is 1. The lowest BCUT2D eigenvalue weighted by Crippen LogP contribution is -1.95. The number of nitrogens with zero attached hydrogens (tertiary/aromatic N) is 1. The molecule has 0 bridgehead atoms. The number of nitro groups is 1. The number of para-hydroxylation sites is 1. The summed E-state index contributed by atoms with van der Waals surface area (Å²) in [5.41, 5.74) is 0.227. The smallest absolute Gasteiger partial charge is 0.273 e. The van der Waals surface area contributed by atoms with Gasteiger partial charge in [-0.2, -0.15) is 0 Å². The molecule has 20 heavy (non-hydrogen) atoms. The van der Waals surface area contributed by atoms with Gasteiger partial charge in [-0.15, -0.1) is 0 Å². The van der Waals surface area contributed by atoms with Crippen molar-refractivity contribution < 1.29 is 19.2 Å². The van der Waals surface area contributed by atoms with Crippen LogP contribution >= 0.6 is 0 Å². The summed E-state index contributed by atoms with van der Waals surface area (Å²) in [6, 6.07) is 10.6. The molecule has 2 aromatic rings. The molecule has 0 unspecified atom stereocenters. The maximum Gasteiger partial charge on any atom is 0.273 e. The summed E-state index contributed by atoms with van der Waals surface area (Å²) in [5.74, 6) is 0.827. The van der Waals surface area contributed by atoms with Gasteiger partial charge < -0.3 is 9.47 Å². The zero-order valence-electron chi connectivity index (χ0n) is 10.6. The molecule has 0 saturated carbocycles. The van der Waals surface area contributed by atoms with Crippen molar-refractivity contribution in [2.45, 2.75) is 0 Å². The molecular weight excluding hydrogens is 262 g/mol. The fourth-order valence-corrected chi connectivity index (χ4v) is 1.65. The molecule has 102 valence electrons.